The van der Waals surface area contributed by atoms with Crippen molar-refractivity contribution in [2.75, 3.05) is 12.0 Å². The number of carboxylic acids is 1. The summed E-state index contributed by atoms with van der Waals surface area (Å²) in [7, 11) is 0. The van der Waals surface area contributed by atoms with Crippen molar-refractivity contribution in [2.45, 2.75) is 31.1 Å². The Kier molecular flexibility index (Phi) is 9.54. The number of benzene rings is 2. The molecule has 1 aromatic heterocycles. The molecule has 2 atom stereocenters. The van der Waals surface area contributed by atoms with Gasteiger partial charge in [-0.05, 0) is 23.8 Å². The maximum atomic E-state index is 13.9. The minimum absolute atomic E-state index is 0.0469. The van der Waals surface area contributed by atoms with Gasteiger partial charge in [0.2, 0.25) is 5.91 Å². The number of nitrogens with one attached hydrogen (secondary N) is 2. The van der Waals surface area contributed by atoms with Crippen molar-refractivity contribution in [3.8, 4) is 0 Å². The first-order valence-electron chi connectivity index (χ1n) is 11.7. The van der Waals surface area contributed by atoms with E-state index >= 15 is 0 Å². The second-order valence-corrected chi connectivity index (χ2v) is 8.64. The first-order chi connectivity index (χ1) is 18.9. The number of ketones is 1. The SMILES string of the molecule is O=C(O)C[C@@H](NC(=O)[C@H](Cc1ccccc1)n1cc(C(F)(F)F)cc(NC(=O)c2ccccc2)c1=O)C(=O)CF. The molecule has 0 bridgehead atoms. The summed E-state index contributed by atoms with van der Waals surface area (Å²) < 4.78 is 55.1. The Bertz CT molecular complexity index is 1440. The molecule has 40 heavy (non-hydrogen) atoms. The van der Waals surface area contributed by atoms with Crippen LogP contribution in [0.4, 0.5) is 23.2 Å². The van der Waals surface area contributed by atoms with Gasteiger partial charge >= 0.3 is 12.1 Å². The second-order valence-electron chi connectivity index (χ2n) is 8.64. The van der Waals surface area contributed by atoms with Crippen LogP contribution in [-0.2, 0) is 27.0 Å². The highest BCUT2D eigenvalue weighted by molar-refractivity contribution is 6.04. The minimum Gasteiger partial charge on any atom is -0.481 e. The van der Waals surface area contributed by atoms with Gasteiger partial charge in [-0.25, -0.2) is 4.39 Å². The highest BCUT2D eigenvalue weighted by atomic mass is 19.4. The molecule has 13 heteroatoms. The highest BCUT2D eigenvalue weighted by Gasteiger charge is 2.35. The van der Waals surface area contributed by atoms with Crippen LogP contribution in [0.2, 0.25) is 0 Å². The number of aliphatic carboxylic acids is 1. The molecule has 9 nitrogen and oxygen atoms in total. The summed E-state index contributed by atoms with van der Waals surface area (Å²) in [4.78, 5) is 62.5. The Hall–Kier alpha value is -4.81. The van der Waals surface area contributed by atoms with Gasteiger partial charge in [0.15, 0.2) is 5.78 Å². The number of amides is 2. The lowest BCUT2D eigenvalue weighted by atomic mass is 10.0. The fraction of sp³-hybridized carbons (Fsp3) is 0.222. The van der Waals surface area contributed by atoms with E-state index in [0.717, 1.165) is 0 Å². The molecule has 3 rings (SSSR count). The van der Waals surface area contributed by atoms with E-state index in [4.69, 9.17) is 5.11 Å². The van der Waals surface area contributed by atoms with Gasteiger partial charge in [-0.15, -0.1) is 0 Å². The lowest BCUT2D eigenvalue weighted by Crippen LogP contribution is -2.48. The van der Waals surface area contributed by atoms with E-state index in [-0.39, 0.29) is 12.0 Å². The first-order valence-corrected chi connectivity index (χ1v) is 11.7. The molecule has 0 aliphatic carbocycles. The van der Waals surface area contributed by atoms with Gasteiger partial charge in [0.1, 0.15) is 24.4 Å². The van der Waals surface area contributed by atoms with Crippen molar-refractivity contribution in [1.82, 2.24) is 9.88 Å². The van der Waals surface area contributed by atoms with Gasteiger partial charge in [-0.1, -0.05) is 48.5 Å². The molecule has 0 unspecified atom stereocenters. The van der Waals surface area contributed by atoms with Crippen LogP contribution in [0.5, 0.6) is 0 Å². The number of carbonyl (C=O) groups excluding carboxylic acids is 3. The largest absolute Gasteiger partial charge is 0.481 e. The van der Waals surface area contributed by atoms with Crippen LogP contribution in [-0.4, -0.2) is 46.0 Å². The topological polar surface area (TPSA) is 135 Å². The van der Waals surface area contributed by atoms with Crippen molar-refractivity contribution in [3.63, 3.8) is 0 Å². The average Bonchev–Trinajstić information content (AvgIpc) is 2.92. The number of rotatable bonds is 11. The summed E-state index contributed by atoms with van der Waals surface area (Å²) in [5.41, 5.74) is -2.89. The van der Waals surface area contributed by atoms with Gasteiger partial charge < -0.3 is 20.3 Å². The molecule has 1 heterocycles. The van der Waals surface area contributed by atoms with Gasteiger partial charge in [-0.2, -0.15) is 13.2 Å². The zero-order chi connectivity index (χ0) is 29.4. The van der Waals surface area contributed by atoms with Gasteiger partial charge in [0.25, 0.3) is 11.5 Å². The van der Waals surface area contributed by atoms with E-state index < -0.39 is 71.7 Å². The summed E-state index contributed by atoms with van der Waals surface area (Å²) in [5.74, 6) is -4.92. The molecule has 0 saturated heterocycles. The van der Waals surface area contributed by atoms with E-state index in [2.05, 4.69) is 10.6 Å². The molecule has 0 aliphatic heterocycles. The number of hydrogen-bond donors (Lipinski definition) is 3. The quantitative estimate of drug-likeness (QED) is 0.307. The number of alkyl halides is 4. The molecule has 0 fully saturated rings. The standard InChI is InChI=1S/C27H23F4N3O6/c28-14-22(35)19(13-23(36)37)32-25(39)21(11-16-7-3-1-4-8-16)34-15-18(27(29,30)31)12-20(26(34)40)33-24(38)17-9-5-2-6-10-17/h1-10,12,15,19,21H,11,13-14H2,(H,32,39)(H,33,38)(H,36,37)/t19-,21+/m1/s1. The number of halogens is 4. The van der Waals surface area contributed by atoms with Crippen molar-refractivity contribution >= 4 is 29.3 Å². The van der Waals surface area contributed by atoms with Crippen molar-refractivity contribution in [3.05, 3.63) is 100.0 Å². The third-order valence-corrected chi connectivity index (χ3v) is 5.78. The number of carbonyl (C=O) groups is 4. The average molecular weight is 561 g/mol. The molecule has 0 spiro atoms. The molecular weight excluding hydrogens is 538 g/mol. The van der Waals surface area contributed by atoms with Gasteiger partial charge in [0.05, 0.1) is 12.0 Å². The zero-order valence-electron chi connectivity index (χ0n) is 20.7. The molecule has 3 aromatic rings. The monoisotopic (exact) mass is 561 g/mol. The fourth-order valence-electron chi connectivity index (χ4n) is 3.80. The predicted molar refractivity (Wildman–Crippen MR) is 134 cm³/mol. The summed E-state index contributed by atoms with van der Waals surface area (Å²) in [6.07, 6.45) is -5.99. The molecule has 0 saturated carbocycles. The third kappa shape index (κ3) is 7.62. The van der Waals surface area contributed by atoms with Crippen molar-refractivity contribution in [2.24, 2.45) is 0 Å². The van der Waals surface area contributed by atoms with Crippen LogP contribution in [0, 0.1) is 0 Å². The van der Waals surface area contributed by atoms with E-state index in [1.54, 1.807) is 24.3 Å². The highest BCUT2D eigenvalue weighted by Crippen LogP contribution is 2.31. The van der Waals surface area contributed by atoms with Crippen LogP contribution in [0.3, 0.4) is 0 Å². The lowest BCUT2D eigenvalue weighted by Gasteiger charge is -2.24. The maximum Gasteiger partial charge on any atom is 0.417 e. The summed E-state index contributed by atoms with van der Waals surface area (Å²) >= 11 is 0. The van der Waals surface area contributed by atoms with Crippen molar-refractivity contribution < 1.29 is 41.8 Å². The number of anilines is 1. The summed E-state index contributed by atoms with van der Waals surface area (Å²) in [6.45, 7) is -1.61. The zero-order valence-corrected chi connectivity index (χ0v) is 20.7. The lowest BCUT2D eigenvalue weighted by molar-refractivity contribution is -0.141. The van der Waals surface area contributed by atoms with E-state index in [9.17, 15) is 41.5 Å². The Morgan fingerprint density at radius 3 is 2.10 bits per heavy atom. The van der Waals surface area contributed by atoms with Crippen LogP contribution in [0.15, 0.2) is 77.7 Å². The molecule has 210 valence electrons. The number of hydrogen-bond acceptors (Lipinski definition) is 5. The molecular formula is C27H23F4N3O6. The molecule has 0 aliphatic rings. The normalized spacial score (nSPS) is 12.7. The third-order valence-electron chi connectivity index (χ3n) is 5.78. The number of aromatic nitrogens is 1. The fourth-order valence-corrected chi connectivity index (χ4v) is 3.80. The number of Topliss-reactive ketones (excluding diaryl/α,β-unsaturated/α-hetero) is 1. The Labute approximate surface area is 224 Å². The van der Waals surface area contributed by atoms with E-state index in [1.807, 2.05) is 0 Å². The molecule has 3 N–H and O–H groups in total. The second kappa shape index (κ2) is 12.8. The molecule has 2 amide bonds. The Morgan fingerprint density at radius 2 is 1.55 bits per heavy atom. The minimum atomic E-state index is -5.01. The van der Waals surface area contributed by atoms with Crippen LogP contribution < -0.4 is 16.2 Å². The summed E-state index contributed by atoms with van der Waals surface area (Å²) in [6, 6.07) is 12.0. The predicted octanol–water partition coefficient (Wildman–Crippen LogP) is 3.40. The van der Waals surface area contributed by atoms with Crippen LogP contribution in [0.1, 0.15) is 33.9 Å². The number of carboxylic acid groups (broad SMARTS) is 1. The first kappa shape index (κ1) is 29.7. The Balaban J connectivity index is 2.13. The molecule has 2 aromatic carbocycles. The Morgan fingerprint density at radius 1 is 0.950 bits per heavy atom. The van der Waals surface area contributed by atoms with Gasteiger partial charge in [-0.3, -0.25) is 24.0 Å². The van der Waals surface area contributed by atoms with Crippen LogP contribution in [0.25, 0.3) is 0 Å². The number of pyridine rings is 1. The number of nitrogens with zero attached hydrogens (tertiary/aromatic N) is 1. The van der Waals surface area contributed by atoms with Crippen LogP contribution >= 0.6 is 0 Å². The maximum absolute atomic E-state index is 13.9. The van der Waals surface area contributed by atoms with Crippen molar-refractivity contribution in [1.29, 1.82) is 0 Å². The summed E-state index contributed by atoms with van der Waals surface area (Å²) in [5, 5.41) is 13.3. The smallest absolute Gasteiger partial charge is 0.417 e. The van der Waals surface area contributed by atoms with Gasteiger partial charge in [0, 0.05) is 18.2 Å². The molecule has 0 radical (unpaired) electrons. The van der Waals surface area contributed by atoms with E-state index in [1.165, 1.54) is 36.4 Å². The van der Waals surface area contributed by atoms with E-state index in [0.29, 0.717) is 22.4 Å².